The zero-order chi connectivity index (χ0) is 15.0. The number of pyridine rings is 2. The molecule has 0 amide bonds. The van der Waals surface area contributed by atoms with Gasteiger partial charge in [-0.15, -0.1) is 0 Å². The van der Waals surface area contributed by atoms with Crippen LogP contribution in [0, 0.1) is 12.7 Å². The third-order valence-corrected chi connectivity index (χ3v) is 3.43. The van der Waals surface area contributed by atoms with Crippen molar-refractivity contribution in [3.63, 3.8) is 0 Å². The standard InChI is InChI=1S/C16H15FN4/c1-9-12(13-6-11(18)3-4-14(13)17)5-10-8-20-16(19-2)7-15(10)21-9/h3-8H,18H2,1-2H3,(H,19,20). The lowest BCUT2D eigenvalue weighted by Crippen LogP contribution is -1.96. The molecule has 0 saturated heterocycles. The highest BCUT2D eigenvalue weighted by molar-refractivity contribution is 5.86. The normalized spacial score (nSPS) is 10.8. The summed E-state index contributed by atoms with van der Waals surface area (Å²) in [5.74, 6) is 0.436. The van der Waals surface area contributed by atoms with Gasteiger partial charge in [0.25, 0.3) is 0 Å². The number of halogens is 1. The van der Waals surface area contributed by atoms with Crippen LogP contribution in [0.25, 0.3) is 22.0 Å². The van der Waals surface area contributed by atoms with E-state index in [-0.39, 0.29) is 5.82 Å². The quantitative estimate of drug-likeness (QED) is 0.707. The van der Waals surface area contributed by atoms with E-state index in [1.165, 1.54) is 6.07 Å². The van der Waals surface area contributed by atoms with Gasteiger partial charge in [-0.3, -0.25) is 4.98 Å². The van der Waals surface area contributed by atoms with Gasteiger partial charge in [-0.05, 0) is 31.2 Å². The van der Waals surface area contributed by atoms with Gasteiger partial charge in [0.15, 0.2) is 0 Å². The molecule has 0 radical (unpaired) electrons. The summed E-state index contributed by atoms with van der Waals surface area (Å²) >= 11 is 0. The molecule has 106 valence electrons. The molecule has 3 aromatic rings. The minimum Gasteiger partial charge on any atom is -0.399 e. The van der Waals surface area contributed by atoms with Gasteiger partial charge < -0.3 is 11.1 Å². The number of fused-ring (bicyclic) bond motifs is 1. The van der Waals surface area contributed by atoms with Crippen LogP contribution in [-0.4, -0.2) is 17.0 Å². The molecule has 2 aromatic heterocycles. The summed E-state index contributed by atoms with van der Waals surface area (Å²) in [5, 5.41) is 3.83. The highest BCUT2D eigenvalue weighted by Crippen LogP contribution is 2.30. The SMILES string of the molecule is CNc1cc2nc(C)c(-c3cc(N)ccc3F)cc2cn1. The summed E-state index contributed by atoms with van der Waals surface area (Å²) in [4.78, 5) is 8.80. The number of hydrogen-bond donors (Lipinski definition) is 2. The maximum absolute atomic E-state index is 14.0. The van der Waals surface area contributed by atoms with Crippen LogP contribution >= 0.6 is 0 Å². The van der Waals surface area contributed by atoms with E-state index in [4.69, 9.17) is 5.73 Å². The van der Waals surface area contributed by atoms with Gasteiger partial charge >= 0.3 is 0 Å². The van der Waals surface area contributed by atoms with Gasteiger partial charge in [0.05, 0.1) is 5.52 Å². The number of hydrogen-bond acceptors (Lipinski definition) is 4. The first-order valence-corrected chi connectivity index (χ1v) is 6.59. The molecule has 0 spiro atoms. The van der Waals surface area contributed by atoms with E-state index in [0.717, 1.165) is 28.0 Å². The van der Waals surface area contributed by atoms with Crippen LogP contribution in [0.15, 0.2) is 36.5 Å². The lowest BCUT2D eigenvalue weighted by atomic mass is 10.0. The van der Waals surface area contributed by atoms with Gasteiger partial charge in [-0.25, -0.2) is 9.37 Å². The second-order valence-electron chi connectivity index (χ2n) is 4.87. The van der Waals surface area contributed by atoms with Gasteiger partial charge in [0.1, 0.15) is 11.6 Å². The van der Waals surface area contributed by atoms with E-state index >= 15 is 0 Å². The summed E-state index contributed by atoms with van der Waals surface area (Å²) in [6, 6.07) is 8.30. The molecule has 2 heterocycles. The summed E-state index contributed by atoms with van der Waals surface area (Å²) in [6.07, 6.45) is 1.72. The Balaban J connectivity index is 2.24. The summed E-state index contributed by atoms with van der Waals surface area (Å²) in [6.45, 7) is 1.86. The molecule has 0 aliphatic carbocycles. The average Bonchev–Trinajstić information content (AvgIpc) is 2.48. The third kappa shape index (κ3) is 2.38. The molecular weight excluding hydrogens is 267 g/mol. The minimum absolute atomic E-state index is 0.312. The van der Waals surface area contributed by atoms with Crippen molar-refractivity contribution in [1.29, 1.82) is 0 Å². The molecule has 1 aromatic carbocycles. The average molecular weight is 282 g/mol. The van der Waals surface area contributed by atoms with Crippen molar-refractivity contribution in [3.05, 3.63) is 48.0 Å². The van der Waals surface area contributed by atoms with Crippen molar-refractivity contribution >= 4 is 22.4 Å². The van der Waals surface area contributed by atoms with Crippen molar-refractivity contribution in [1.82, 2.24) is 9.97 Å². The van der Waals surface area contributed by atoms with Crippen molar-refractivity contribution in [2.45, 2.75) is 6.92 Å². The first kappa shape index (κ1) is 13.3. The number of nitrogens with one attached hydrogen (secondary N) is 1. The lowest BCUT2D eigenvalue weighted by Gasteiger charge is -2.10. The summed E-state index contributed by atoms with van der Waals surface area (Å²) in [7, 11) is 1.80. The molecule has 0 bridgehead atoms. The molecule has 3 N–H and O–H groups in total. The zero-order valence-corrected chi connectivity index (χ0v) is 11.8. The van der Waals surface area contributed by atoms with E-state index in [2.05, 4.69) is 15.3 Å². The number of anilines is 2. The van der Waals surface area contributed by atoms with Crippen LogP contribution < -0.4 is 11.1 Å². The number of rotatable bonds is 2. The molecule has 0 aliphatic heterocycles. The predicted molar refractivity (Wildman–Crippen MR) is 83.6 cm³/mol. The fourth-order valence-corrected chi connectivity index (χ4v) is 2.32. The Hall–Kier alpha value is -2.69. The highest BCUT2D eigenvalue weighted by Gasteiger charge is 2.11. The van der Waals surface area contributed by atoms with E-state index in [1.807, 2.05) is 19.1 Å². The van der Waals surface area contributed by atoms with Gasteiger partial charge in [-0.2, -0.15) is 0 Å². The van der Waals surface area contributed by atoms with Gasteiger partial charge in [0, 0.05) is 47.2 Å². The van der Waals surface area contributed by atoms with E-state index < -0.39 is 0 Å². The number of aryl methyl sites for hydroxylation is 1. The zero-order valence-electron chi connectivity index (χ0n) is 11.8. The molecule has 0 saturated carbocycles. The number of nitrogens with zero attached hydrogens (tertiary/aromatic N) is 2. The summed E-state index contributed by atoms with van der Waals surface area (Å²) < 4.78 is 14.0. The molecule has 0 atom stereocenters. The Morgan fingerprint density at radius 3 is 2.71 bits per heavy atom. The van der Waals surface area contributed by atoms with Crippen LogP contribution in [-0.2, 0) is 0 Å². The second-order valence-corrected chi connectivity index (χ2v) is 4.87. The maximum atomic E-state index is 14.0. The van der Waals surface area contributed by atoms with Gasteiger partial charge in [-0.1, -0.05) is 0 Å². The van der Waals surface area contributed by atoms with Crippen LogP contribution in [0.1, 0.15) is 5.69 Å². The molecular formula is C16H15FN4. The largest absolute Gasteiger partial charge is 0.399 e. The minimum atomic E-state index is -0.312. The Kier molecular flexibility index (Phi) is 3.17. The number of aromatic nitrogens is 2. The maximum Gasteiger partial charge on any atom is 0.131 e. The van der Waals surface area contributed by atoms with E-state index in [0.29, 0.717) is 11.3 Å². The smallest absolute Gasteiger partial charge is 0.131 e. The topological polar surface area (TPSA) is 63.8 Å². The fourth-order valence-electron chi connectivity index (χ4n) is 2.32. The third-order valence-electron chi connectivity index (χ3n) is 3.43. The summed E-state index contributed by atoms with van der Waals surface area (Å²) in [5.41, 5.74) is 9.04. The van der Waals surface area contributed by atoms with Crippen molar-refractivity contribution < 1.29 is 4.39 Å². The molecule has 4 nitrogen and oxygen atoms in total. The molecule has 0 unspecified atom stereocenters. The predicted octanol–water partition coefficient (Wildman–Crippen LogP) is 3.37. The Bertz CT molecular complexity index is 830. The van der Waals surface area contributed by atoms with E-state index in [9.17, 15) is 4.39 Å². The monoisotopic (exact) mass is 282 g/mol. The van der Waals surface area contributed by atoms with Crippen molar-refractivity contribution in [2.24, 2.45) is 0 Å². The second kappa shape index (κ2) is 5.01. The van der Waals surface area contributed by atoms with E-state index in [1.54, 1.807) is 25.4 Å². The molecule has 0 aliphatic rings. The Labute approximate surface area is 121 Å². The molecule has 0 fully saturated rings. The molecule has 5 heteroatoms. The van der Waals surface area contributed by atoms with Crippen LogP contribution in [0.3, 0.4) is 0 Å². The van der Waals surface area contributed by atoms with Crippen molar-refractivity contribution in [3.8, 4) is 11.1 Å². The highest BCUT2D eigenvalue weighted by atomic mass is 19.1. The van der Waals surface area contributed by atoms with Crippen LogP contribution in [0.2, 0.25) is 0 Å². The number of benzene rings is 1. The van der Waals surface area contributed by atoms with Gasteiger partial charge in [0.2, 0.25) is 0 Å². The lowest BCUT2D eigenvalue weighted by molar-refractivity contribution is 0.631. The molecule has 21 heavy (non-hydrogen) atoms. The number of nitrogens with two attached hydrogens (primary N) is 1. The fraction of sp³-hybridized carbons (Fsp3) is 0.125. The Morgan fingerprint density at radius 2 is 1.95 bits per heavy atom. The van der Waals surface area contributed by atoms with Crippen molar-refractivity contribution in [2.75, 3.05) is 18.1 Å². The van der Waals surface area contributed by atoms with Crippen LogP contribution in [0.5, 0.6) is 0 Å². The van der Waals surface area contributed by atoms with Crippen LogP contribution in [0.4, 0.5) is 15.9 Å². The Morgan fingerprint density at radius 1 is 1.14 bits per heavy atom. The first-order valence-electron chi connectivity index (χ1n) is 6.59. The molecule has 3 rings (SSSR count). The number of nitrogen functional groups attached to an aromatic ring is 1. The first-order chi connectivity index (χ1) is 10.1.